The third-order valence-electron chi connectivity index (χ3n) is 3.48. The smallest absolute Gasteiger partial charge is 0.337 e. The summed E-state index contributed by atoms with van der Waals surface area (Å²) < 4.78 is 10.3. The van der Waals surface area contributed by atoms with Gasteiger partial charge in [-0.05, 0) is 31.0 Å². The second kappa shape index (κ2) is 7.77. The van der Waals surface area contributed by atoms with Gasteiger partial charge in [-0.15, -0.1) is 0 Å². The summed E-state index contributed by atoms with van der Waals surface area (Å²) in [5, 5.41) is 5.84. The van der Waals surface area contributed by atoms with Crippen LogP contribution in [-0.2, 0) is 9.53 Å². The number of nitrogens with one attached hydrogen (secondary N) is 2. The average Bonchev–Trinajstić information content (AvgIpc) is 2.52. The molecule has 24 heavy (non-hydrogen) atoms. The molecule has 0 fully saturated rings. The van der Waals surface area contributed by atoms with Crippen LogP contribution >= 0.6 is 23.2 Å². The number of ether oxygens (including phenoxy) is 2. The number of esters is 1. The summed E-state index contributed by atoms with van der Waals surface area (Å²) in [7, 11) is 1.28. The lowest BCUT2D eigenvalue weighted by molar-refractivity contribution is -0.136. The maximum absolute atomic E-state index is 12.1. The van der Waals surface area contributed by atoms with Crippen molar-refractivity contribution in [1.29, 1.82) is 0 Å². The average molecular weight is 373 g/mol. The lowest BCUT2D eigenvalue weighted by Crippen LogP contribution is -2.45. The first-order valence-electron chi connectivity index (χ1n) is 7.37. The maximum Gasteiger partial charge on any atom is 0.337 e. The Morgan fingerprint density at radius 2 is 1.92 bits per heavy atom. The van der Waals surface area contributed by atoms with Crippen molar-refractivity contribution in [2.24, 2.45) is 0 Å². The zero-order valence-electron chi connectivity index (χ0n) is 13.5. The van der Waals surface area contributed by atoms with E-state index in [2.05, 4.69) is 10.6 Å². The minimum Gasteiger partial charge on any atom is -0.490 e. The number of methoxy groups -OCH3 is 1. The van der Waals surface area contributed by atoms with Crippen LogP contribution in [0.5, 0.6) is 5.75 Å². The van der Waals surface area contributed by atoms with Crippen molar-refractivity contribution in [2.75, 3.05) is 13.7 Å². The van der Waals surface area contributed by atoms with Crippen LogP contribution in [0, 0.1) is 0 Å². The van der Waals surface area contributed by atoms with E-state index in [9.17, 15) is 9.59 Å². The molecule has 0 aromatic heterocycles. The first kappa shape index (κ1) is 18.4. The second-order valence-electron chi connectivity index (χ2n) is 5.22. The fourth-order valence-corrected chi connectivity index (χ4v) is 3.03. The Morgan fingerprint density at radius 3 is 2.46 bits per heavy atom. The Kier molecular flexibility index (Phi) is 5.96. The molecule has 1 aliphatic rings. The molecule has 0 spiro atoms. The fraction of sp³-hybridized carbons (Fsp3) is 0.375. The molecule has 2 rings (SSSR count). The van der Waals surface area contributed by atoms with Crippen LogP contribution in [0.2, 0.25) is 10.0 Å². The molecule has 0 saturated carbocycles. The highest BCUT2D eigenvalue weighted by molar-refractivity contribution is 6.37. The molecule has 1 unspecified atom stereocenters. The number of amides is 2. The van der Waals surface area contributed by atoms with Gasteiger partial charge in [0.15, 0.2) is 5.75 Å². The van der Waals surface area contributed by atoms with E-state index in [4.69, 9.17) is 32.7 Å². The fourth-order valence-electron chi connectivity index (χ4n) is 2.41. The predicted octanol–water partition coefficient (Wildman–Crippen LogP) is 3.58. The van der Waals surface area contributed by atoms with Crippen LogP contribution in [-0.4, -0.2) is 25.7 Å². The highest BCUT2D eigenvalue weighted by Crippen LogP contribution is 2.38. The van der Waals surface area contributed by atoms with Crippen molar-refractivity contribution in [3.8, 4) is 5.75 Å². The number of benzene rings is 1. The third kappa shape index (κ3) is 3.76. The SMILES string of the molecule is CCCOc1c(Cl)cc(C2NC(=O)NC(C)=C2C(=O)OC)cc1Cl. The van der Waals surface area contributed by atoms with E-state index in [0.717, 1.165) is 6.42 Å². The zero-order valence-corrected chi connectivity index (χ0v) is 15.0. The van der Waals surface area contributed by atoms with Crippen LogP contribution in [0.1, 0.15) is 31.9 Å². The number of carbonyl (C=O) groups is 2. The molecule has 1 aromatic carbocycles. The van der Waals surface area contributed by atoms with Gasteiger partial charge in [0.05, 0.1) is 35.4 Å². The van der Waals surface area contributed by atoms with Gasteiger partial charge in [-0.25, -0.2) is 9.59 Å². The minimum absolute atomic E-state index is 0.284. The lowest BCUT2D eigenvalue weighted by atomic mass is 9.95. The summed E-state index contributed by atoms with van der Waals surface area (Å²) in [6, 6.07) is 2.08. The van der Waals surface area contributed by atoms with E-state index in [1.807, 2.05) is 6.92 Å². The highest BCUT2D eigenvalue weighted by Gasteiger charge is 2.32. The second-order valence-corrected chi connectivity index (χ2v) is 6.04. The van der Waals surface area contributed by atoms with E-state index in [-0.39, 0.29) is 5.57 Å². The lowest BCUT2D eigenvalue weighted by Gasteiger charge is -2.28. The van der Waals surface area contributed by atoms with Crippen molar-refractivity contribution in [3.05, 3.63) is 39.0 Å². The standard InChI is InChI=1S/C16H18Cl2N2O4/c1-4-5-24-14-10(17)6-9(7-11(14)18)13-12(15(21)23-3)8(2)19-16(22)20-13/h6-7,13H,4-5H2,1-3H3,(H2,19,20,22). The Morgan fingerprint density at radius 1 is 1.29 bits per heavy atom. The number of urea groups is 1. The molecular weight excluding hydrogens is 355 g/mol. The molecule has 0 bridgehead atoms. The molecule has 8 heteroatoms. The monoisotopic (exact) mass is 372 g/mol. The van der Waals surface area contributed by atoms with Gasteiger partial charge in [0, 0.05) is 5.70 Å². The molecule has 6 nitrogen and oxygen atoms in total. The van der Waals surface area contributed by atoms with E-state index in [0.29, 0.717) is 33.7 Å². The first-order valence-corrected chi connectivity index (χ1v) is 8.13. The van der Waals surface area contributed by atoms with Crippen molar-refractivity contribution >= 4 is 35.2 Å². The number of allylic oxidation sites excluding steroid dienone is 1. The van der Waals surface area contributed by atoms with Crippen LogP contribution in [0.15, 0.2) is 23.4 Å². The van der Waals surface area contributed by atoms with E-state index >= 15 is 0 Å². The van der Waals surface area contributed by atoms with Crippen molar-refractivity contribution in [3.63, 3.8) is 0 Å². The number of halogens is 2. The molecule has 1 atom stereocenters. The van der Waals surface area contributed by atoms with E-state index in [1.165, 1.54) is 7.11 Å². The Balaban J connectivity index is 2.47. The van der Waals surface area contributed by atoms with Gasteiger partial charge in [0.1, 0.15) is 0 Å². The quantitative estimate of drug-likeness (QED) is 0.774. The minimum atomic E-state index is -0.721. The summed E-state index contributed by atoms with van der Waals surface area (Å²) >= 11 is 12.5. The van der Waals surface area contributed by atoms with Crippen molar-refractivity contribution in [2.45, 2.75) is 26.3 Å². The molecule has 1 aliphatic heterocycles. The summed E-state index contributed by atoms with van der Waals surface area (Å²) in [6.45, 7) is 4.08. The molecule has 0 radical (unpaired) electrons. The van der Waals surface area contributed by atoms with E-state index < -0.39 is 18.0 Å². The summed E-state index contributed by atoms with van der Waals surface area (Å²) in [4.78, 5) is 23.9. The highest BCUT2D eigenvalue weighted by atomic mass is 35.5. The summed E-state index contributed by atoms with van der Waals surface area (Å²) in [6.07, 6.45) is 0.813. The van der Waals surface area contributed by atoms with Gasteiger partial charge in [0.2, 0.25) is 0 Å². The molecule has 1 heterocycles. The number of carbonyl (C=O) groups excluding carboxylic acids is 2. The normalized spacial score (nSPS) is 17.2. The van der Waals surface area contributed by atoms with Crippen LogP contribution in [0.25, 0.3) is 0 Å². The molecule has 130 valence electrons. The molecule has 2 N–H and O–H groups in total. The Hall–Kier alpha value is -1.92. The van der Waals surface area contributed by atoms with Gasteiger partial charge in [-0.3, -0.25) is 0 Å². The molecular formula is C16H18Cl2N2O4. The van der Waals surface area contributed by atoms with E-state index in [1.54, 1.807) is 19.1 Å². The predicted molar refractivity (Wildman–Crippen MR) is 91.4 cm³/mol. The van der Waals surface area contributed by atoms with Gasteiger partial charge < -0.3 is 20.1 Å². The topological polar surface area (TPSA) is 76.7 Å². The summed E-state index contributed by atoms with van der Waals surface area (Å²) in [5.41, 5.74) is 1.25. The molecule has 1 aromatic rings. The van der Waals surface area contributed by atoms with Crippen LogP contribution < -0.4 is 15.4 Å². The Bertz CT molecular complexity index is 680. The largest absolute Gasteiger partial charge is 0.490 e. The number of hydrogen-bond acceptors (Lipinski definition) is 4. The van der Waals surface area contributed by atoms with Crippen LogP contribution in [0.4, 0.5) is 4.79 Å². The molecule has 0 aliphatic carbocycles. The zero-order chi connectivity index (χ0) is 17.9. The van der Waals surface area contributed by atoms with Crippen molar-refractivity contribution in [1.82, 2.24) is 10.6 Å². The summed E-state index contributed by atoms with van der Waals surface area (Å²) in [5.74, 6) is -0.173. The molecule has 2 amide bonds. The van der Waals surface area contributed by atoms with Gasteiger partial charge in [0.25, 0.3) is 0 Å². The molecule has 0 saturated heterocycles. The Labute approximate surface area is 150 Å². The maximum atomic E-state index is 12.1. The first-order chi connectivity index (χ1) is 11.4. The number of rotatable bonds is 5. The van der Waals surface area contributed by atoms with Crippen molar-refractivity contribution < 1.29 is 19.1 Å². The van der Waals surface area contributed by atoms with Gasteiger partial charge >= 0.3 is 12.0 Å². The van der Waals surface area contributed by atoms with Gasteiger partial charge in [-0.2, -0.15) is 0 Å². The third-order valence-corrected chi connectivity index (χ3v) is 4.04. The van der Waals surface area contributed by atoms with Crippen LogP contribution in [0.3, 0.4) is 0 Å². The number of hydrogen-bond donors (Lipinski definition) is 2. The van der Waals surface area contributed by atoms with Gasteiger partial charge in [-0.1, -0.05) is 30.1 Å².